The lowest BCUT2D eigenvalue weighted by Crippen LogP contribution is -2.44. The zero-order valence-corrected chi connectivity index (χ0v) is 24.3. The topological polar surface area (TPSA) is 126 Å². The summed E-state index contributed by atoms with van der Waals surface area (Å²) in [4.78, 5) is 25.9. The van der Waals surface area contributed by atoms with Crippen LogP contribution in [-0.2, 0) is 11.3 Å². The summed E-state index contributed by atoms with van der Waals surface area (Å²) >= 11 is 0. The van der Waals surface area contributed by atoms with Crippen LogP contribution in [-0.4, -0.2) is 57.6 Å². The third kappa shape index (κ3) is 5.70. The Bertz CT molecular complexity index is 1800. The molecule has 2 aromatic carbocycles. The molecule has 2 aromatic heterocycles. The maximum Gasteiger partial charge on any atom is 0.247 e. The molecule has 0 unspecified atom stereocenters. The van der Waals surface area contributed by atoms with Gasteiger partial charge in [0.25, 0.3) is 0 Å². The third-order valence-corrected chi connectivity index (χ3v) is 8.43. The highest BCUT2D eigenvalue weighted by atomic mass is 19.1. The number of aromatic nitrogens is 3. The molecule has 2 fully saturated rings. The van der Waals surface area contributed by atoms with E-state index in [0.29, 0.717) is 28.7 Å². The summed E-state index contributed by atoms with van der Waals surface area (Å²) in [7, 11) is 0. The monoisotopic (exact) mass is 589 g/mol. The standard InChI is InChI=1S/C33H32FN9O/c1-2-31(44)38-28-18-30(42-14-9-23(10-15-42)41-12-5-6-13-41)26(34)17-27(28)39-33-37-20-22(19-36)32(40-33)25-21-43(16-11-35)29-8-4-3-7-24(25)29/h2-4,7-8,17-18,20-21,23H,1,5-6,9-10,12-16H2,(H,38,44)(H,37,39,40). The number of likely N-dealkylation sites (tertiary alicyclic amines) is 1. The van der Waals surface area contributed by atoms with Crippen LogP contribution in [0.25, 0.3) is 22.2 Å². The first-order valence-electron chi connectivity index (χ1n) is 14.7. The number of nitrogens with zero attached hydrogens (tertiary/aromatic N) is 7. The van der Waals surface area contributed by atoms with Crippen molar-refractivity contribution in [3.63, 3.8) is 0 Å². The van der Waals surface area contributed by atoms with Crippen molar-refractivity contribution in [1.29, 1.82) is 10.5 Å². The van der Waals surface area contributed by atoms with Crippen molar-refractivity contribution in [2.24, 2.45) is 0 Å². The number of hydrogen-bond acceptors (Lipinski definition) is 8. The fourth-order valence-electron chi connectivity index (χ4n) is 6.27. The number of anilines is 4. The first-order valence-corrected chi connectivity index (χ1v) is 14.7. The van der Waals surface area contributed by atoms with Crippen LogP contribution in [0, 0.1) is 28.5 Å². The van der Waals surface area contributed by atoms with Crippen LogP contribution >= 0.6 is 0 Å². The summed E-state index contributed by atoms with van der Waals surface area (Å²) in [6.07, 6.45) is 8.74. The minimum absolute atomic E-state index is 0.115. The summed E-state index contributed by atoms with van der Waals surface area (Å²) in [6.45, 7) is 7.40. The van der Waals surface area contributed by atoms with E-state index in [9.17, 15) is 15.3 Å². The molecule has 0 spiro atoms. The van der Waals surface area contributed by atoms with E-state index < -0.39 is 11.7 Å². The van der Waals surface area contributed by atoms with Crippen molar-refractivity contribution in [3.8, 4) is 23.4 Å². The lowest BCUT2D eigenvalue weighted by atomic mass is 10.0. The minimum atomic E-state index is -0.440. The number of carbonyl (C=O) groups excluding carboxylic acids is 1. The molecule has 6 rings (SSSR count). The smallest absolute Gasteiger partial charge is 0.247 e. The molecule has 2 N–H and O–H groups in total. The second-order valence-electron chi connectivity index (χ2n) is 11.0. The Labute approximate surface area is 255 Å². The van der Waals surface area contributed by atoms with E-state index in [0.717, 1.165) is 56.0 Å². The zero-order valence-electron chi connectivity index (χ0n) is 24.3. The molecule has 4 heterocycles. The molecule has 11 heteroatoms. The molecule has 0 saturated carbocycles. The molecule has 1 amide bonds. The lowest BCUT2D eigenvalue weighted by Gasteiger charge is -2.38. The molecule has 2 aliphatic heterocycles. The highest BCUT2D eigenvalue weighted by Gasteiger charge is 2.28. The number of carbonyl (C=O) groups is 1. The largest absolute Gasteiger partial charge is 0.369 e. The minimum Gasteiger partial charge on any atom is -0.369 e. The Morgan fingerprint density at radius 2 is 1.89 bits per heavy atom. The van der Waals surface area contributed by atoms with Gasteiger partial charge < -0.3 is 25.0 Å². The number of para-hydroxylation sites is 1. The van der Waals surface area contributed by atoms with Crippen LogP contribution in [0.2, 0.25) is 0 Å². The SMILES string of the molecule is C=CC(=O)Nc1cc(N2CCC(N3CCCC3)CC2)c(F)cc1Nc1ncc(C#N)c(-c2cn(CC#N)c3ccccc23)n1. The fourth-order valence-corrected chi connectivity index (χ4v) is 6.27. The van der Waals surface area contributed by atoms with Gasteiger partial charge in [0.2, 0.25) is 11.9 Å². The fraction of sp³-hybridized carbons (Fsp3) is 0.303. The second-order valence-corrected chi connectivity index (χ2v) is 11.0. The van der Waals surface area contributed by atoms with Crippen LogP contribution in [0.1, 0.15) is 31.2 Å². The highest BCUT2D eigenvalue weighted by Crippen LogP contribution is 2.36. The average molecular weight is 590 g/mol. The van der Waals surface area contributed by atoms with Gasteiger partial charge in [-0.05, 0) is 57.0 Å². The van der Waals surface area contributed by atoms with Gasteiger partial charge in [-0.25, -0.2) is 14.4 Å². The normalized spacial score (nSPS) is 15.6. The maximum absolute atomic E-state index is 15.7. The molecule has 0 radical (unpaired) electrons. The van der Waals surface area contributed by atoms with E-state index >= 15 is 4.39 Å². The van der Waals surface area contributed by atoms with Gasteiger partial charge in [0, 0.05) is 47.9 Å². The molecule has 0 atom stereocenters. The summed E-state index contributed by atoms with van der Waals surface area (Å²) in [5, 5.41) is 25.9. The Hall–Kier alpha value is -5.26. The van der Waals surface area contributed by atoms with Gasteiger partial charge in [-0.2, -0.15) is 10.5 Å². The van der Waals surface area contributed by atoms with E-state index in [1.807, 2.05) is 29.2 Å². The van der Waals surface area contributed by atoms with Crippen LogP contribution < -0.4 is 15.5 Å². The number of amides is 1. The van der Waals surface area contributed by atoms with E-state index in [-0.39, 0.29) is 23.7 Å². The van der Waals surface area contributed by atoms with E-state index in [1.54, 1.807) is 16.8 Å². The number of fused-ring (bicyclic) bond motifs is 1. The average Bonchev–Trinajstić information content (AvgIpc) is 3.72. The van der Waals surface area contributed by atoms with Crippen LogP contribution in [0.4, 0.5) is 27.4 Å². The molecule has 4 aromatic rings. The number of nitrogens with one attached hydrogen (secondary N) is 2. The summed E-state index contributed by atoms with van der Waals surface area (Å²) in [6, 6.07) is 15.4. The predicted molar refractivity (Wildman–Crippen MR) is 168 cm³/mol. The molecule has 0 aliphatic carbocycles. The number of hydrogen-bond donors (Lipinski definition) is 2. The number of benzene rings is 2. The van der Waals surface area contributed by atoms with Gasteiger partial charge in [-0.3, -0.25) is 4.79 Å². The third-order valence-electron chi connectivity index (χ3n) is 8.43. The number of piperidine rings is 1. The zero-order chi connectivity index (χ0) is 30.6. The van der Waals surface area contributed by atoms with Crippen LogP contribution in [0.5, 0.6) is 0 Å². The maximum atomic E-state index is 15.7. The van der Waals surface area contributed by atoms with Gasteiger partial charge in [0.1, 0.15) is 18.4 Å². The van der Waals surface area contributed by atoms with Gasteiger partial charge in [-0.15, -0.1) is 0 Å². The summed E-state index contributed by atoms with van der Waals surface area (Å²) < 4.78 is 17.5. The Morgan fingerprint density at radius 3 is 2.61 bits per heavy atom. The lowest BCUT2D eigenvalue weighted by molar-refractivity contribution is -0.111. The van der Waals surface area contributed by atoms with Crippen molar-refractivity contribution in [2.45, 2.75) is 38.3 Å². The number of halogens is 1. The number of nitriles is 2. The van der Waals surface area contributed by atoms with Crippen molar-refractivity contribution >= 4 is 39.8 Å². The van der Waals surface area contributed by atoms with E-state index in [4.69, 9.17) is 0 Å². The molecule has 222 valence electrons. The molecular formula is C33H32FN9O. The predicted octanol–water partition coefficient (Wildman–Crippen LogP) is 5.57. The van der Waals surface area contributed by atoms with Crippen molar-refractivity contribution in [1.82, 2.24) is 19.4 Å². The van der Waals surface area contributed by atoms with Crippen molar-refractivity contribution < 1.29 is 9.18 Å². The molecule has 2 aliphatic rings. The number of rotatable bonds is 8. The van der Waals surface area contributed by atoms with Gasteiger partial charge in [0.05, 0.1) is 40.6 Å². The van der Waals surface area contributed by atoms with Crippen molar-refractivity contribution in [3.05, 3.63) is 72.8 Å². The molecule has 10 nitrogen and oxygen atoms in total. The quantitative estimate of drug-likeness (QED) is 0.256. The molecule has 0 bridgehead atoms. The van der Waals surface area contributed by atoms with Gasteiger partial charge in [-0.1, -0.05) is 24.8 Å². The van der Waals surface area contributed by atoms with E-state index in [1.165, 1.54) is 25.1 Å². The molecular weight excluding hydrogens is 557 g/mol. The first kappa shape index (κ1) is 28.8. The van der Waals surface area contributed by atoms with Crippen LogP contribution in [0.15, 0.2) is 61.4 Å². The van der Waals surface area contributed by atoms with E-state index in [2.05, 4.69) is 44.2 Å². The second kappa shape index (κ2) is 12.5. The summed E-state index contributed by atoms with van der Waals surface area (Å²) in [5.74, 6) is -0.758. The van der Waals surface area contributed by atoms with Crippen LogP contribution in [0.3, 0.4) is 0 Å². The highest BCUT2D eigenvalue weighted by molar-refractivity contribution is 6.02. The Kier molecular flexibility index (Phi) is 8.22. The first-order chi connectivity index (χ1) is 21.5. The Balaban J connectivity index is 1.32. The summed E-state index contributed by atoms with van der Waals surface area (Å²) in [5.41, 5.74) is 3.14. The van der Waals surface area contributed by atoms with Gasteiger partial charge >= 0.3 is 0 Å². The van der Waals surface area contributed by atoms with Crippen molar-refractivity contribution in [2.75, 3.05) is 41.7 Å². The molecule has 44 heavy (non-hydrogen) atoms. The molecule has 2 saturated heterocycles. The Morgan fingerprint density at radius 1 is 1.11 bits per heavy atom. The van der Waals surface area contributed by atoms with Gasteiger partial charge in [0.15, 0.2) is 0 Å².